The van der Waals surface area contributed by atoms with Crippen molar-refractivity contribution < 1.29 is 26.0 Å². The van der Waals surface area contributed by atoms with E-state index in [4.69, 9.17) is 4.42 Å². The number of rotatable bonds is 8. The molecular formula is C25H30N4O6S2. The predicted molar refractivity (Wildman–Crippen MR) is 137 cm³/mol. The summed E-state index contributed by atoms with van der Waals surface area (Å²) < 4.78 is 57.5. The van der Waals surface area contributed by atoms with E-state index >= 15 is 0 Å². The molecule has 1 aliphatic heterocycles. The van der Waals surface area contributed by atoms with Crippen molar-refractivity contribution >= 4 is 31.8 Å². The molecule has 198 valence electrons. The second-order valence-electron chi connectivity index (χ2n) is 9.42. The summed E-state index contributed by atoms with van der Waals surface area (Å²) >= 11 is 0. The molecule has 10 nitrogen and oxygen atoms in total. The van der Waals surface area contributed by atoms with Gasteiger partial charge in [-0.2, -0.15) is 4.31 Å². The van der Waals surface area contributed by atoms with Gasteiger partial charge in [-0.05, 0) is 63.4 Å². The third kappa shape index (κ3) is 6.08. The third-order valence-corrected chi connectivity index (χ3v) is 10.4. The fourth-order valence-electron chi connectivity index (χ4n) is 4.06. The van der Waals surface area contributed by atoms with Gasteiger partial charge in [0.05, 0.1) is 27.4 Å². The first-order valence-corrected chi connectivity index (χ1v) is 15.0. The Balaban J connectivity index is 1.37. The minimum Gasteiger partial charge on any atom is -0.407 e. The molecule has 1 aliphatic rings. The summed E-state index contributed by atoms with van der Waals surface area (Å²) in [6.45, 7) is 5.56. The van der Waals surface area contributed by atoms with Gasteiger partial charge in [0, 0.05) is 13.1 Å². The van der Waals surface area contributed by atoms with Crippen molar-refractivity contribution in [3.05, 3.63) is 65.5 Å². The van der Waals surface area contributed by atoms with E-state index in [0.29, 0.717) is 19.4 Å². The van der Waals surface area contributed by atoms with Gasteiger partial charge in [-0.25, -0.2) is 16.8 Å². The van der Waals surface area contributed by atoms with Gasteiger partial charge >= 0.3 is 6.01 Å². The van der Waals surface area contributed by atoms with Crippen LogP contribution >= 0.6 is 0 Å². The number of carbonyl (C=O) groups is 1. The third-order valence-electron chi connectivity index (χ3n) is 6.34. The monoisotopic (exact) mass is 546 g/mol. The number of piperidine rings is 1. The largest absolute Gasteiger partial charge is 0.407 e. The van der Waals surface area contributed by atoms with E-state index < -0.39 is 31.0 Å². The molecule has 2 heterocycles. The van der Waals surface area contributed by atoms with Crippen LogP contribution in [0.4, 0.5) is 6.01 Å². The molecular weight excluding hydrogens is 516 g/mol. The summed E-state index contributed by atoms with van der Waals surface area (Å²) in [5.74, 6) is -0.691. The Kier molecular flexibility index (Phi) is 7.81. The van der Waals surface area contributed by atoms with Gasteiger partial charge < -0.3 is 4.42 Å². The number of anilines is 1. The van der Waals surface area contributed by atoms with Crippen LogP contribution in [0.15, 0.2) is 62.7 Å². The average molecular weight is 547 g/mol. The SMILES string of the molecule is Cc1ccc(S(=O)(=O)N2CCCC(C(=O)Nc3nnc(Cc4ccc(S(=O)(=O)C(C)C)cc4)o3)C2)cc1. The van der Waals surface area contributed by atoms with Crippen molar-refractivity contribution in [2.24, 2.45) is 5.92 Å². The lowest BCUT2D eigenvalue weighted by Crippen LogP contribution is -2.43. The maximum Gasteiger partial charge on any atom is 0.322 e. The molecule has 1 N–H and O–H groups in total. The highest BCUT2D eigenvalue weighted by molar-refractivity contribution is 7.92. The van der Waals surface area contributed by atoms with E-state index in [1.165, 1.54) is 4.31 Å². The lowest BCUT2D eigenvalue weighted by Gasteiger charge is -2.30. The van der Waals surface area contributed by atoms with Gasteiger partial charge in [-0.3, -0.25) is 10.1 Å². The van der Waals surface area contributed by atoms with Crippen LogP contribution in [-0.2, 0) is 31.1 Å². The van der Waals surface area contributed by atoms with Gasteiger partial charge in [0.1, 0.15) is 0 Å². The summed E-state index contributed by atoms with van der Waals surface area (Å²) in [4.78, 5) is 13.3. The highest BCUT2D eigenvalue weighted by Gasteiger charge is 2.33. The number of nitrogens with one attached hydrogen (secondary N) is 1. The molecule has 12 heteroatoms. The quantitative estimate of drug-likeness (QED) is 0.454. The Morgan fingerprint density at radius 2 is 1.68 bits per heavy atom. The highest BCUT2D eigenvalue weighted by Crippen LogP contribution is 2.25. The Labute approximate surface area is 217 Å². The predicted octanol–water partition coefficient (Wildman–Crippen LogP) is 3.19. The first kappa shape index (κ1) is 27.0. The van der Waals surface area contributed by atoms with Gasteiger partial charge in [0.15, 0.2) is 9.84 Å². The molecule has 1 amide bonds. The van der Waals surface area contributed by atoms with E-state index in [1.807, 2.05) is 6.92 Å². The van der Waals surface area contributed by atoms with Crippen molar-refractivity contribution in [3.8, 4) is 0 Å². The number of hydrogen-bond donors (Lipinski definition) is 1. The van der Waals surface area contributed by atoms with E-state index in [-0.39, 0.29) is 40.6 Å². The minimum atomic E-state index is -3.70. The first-order valence-electron chi connectivity index (χ1n) is 12.0. The lowest BCUT2D eigenvalue weighted by atomic mass is 9.99. The van der Waals surface area contributed by atoms with Crippen LogP contribution in [0.1, 0.15) is 43.7 Å². The number of benzene rings is 2. The zero-order valence-corrected chi connectivity index (χ0v) is 22.5. The number of carbonyl (C=O) groups excluding carboxylic acids is 1. The molecule has 0 aliphatic carbocycles. The van der Waals surface area contributed by atoms with Crippen LogP contribution in [0.25, 0.3) is 0 Å². The molecule has 1 atom stereocenters. The minimum absolute atomic E-state index is 0.0642. The summed E-state index contributed by atoms with van der Waals surface area (Å²) in [6.07, 6.45) is 1.36. The molecule has 1 unspecified atom stereocenters. The molecule has 3 aromatic rings. The second-order valence-corrected chi connectivity index (χ2v) is 13.9. The number of amides is 1. The number of sulfone groups is 1. The number of aryl methyl sites for hydroxylation is 1. The normalized spacial score (nSPS) is 17.1. The number of aromatic nitrogens is 2. The Bertz CT molecular complexity index is 1460. The highest BCUT2D eigenvalue weighted by atomic mass is 32.2. The van der Waals surface area contributed by atoms with Crippen molar-refractivity contribution in [2.75, 3.05) is 18.4 Å². The molecule has 1 aromatic heterocycles. The maximum absolute atomic E-state index is 13.0. The fourth-order valence-corrected chi connectivity index (χ4v) is 6.64. The molecule has 0 spiro atoms. The smallest absolute Gasteiger partial charge is 0.322 e. The summed E-state index contributed by atoms with van der Waals surface area (Å²) in [6, 6.07) is 13.0. The van der Waals surface area contributed by atoms with Crippen LogP contribution in [0.2, 0.25) is 0 Å². The zero-order valence-electron chi connectivity index (χ0n) is 20.9. The summed E-state index contributed by atoms with van der Waals surface area (Å²) in [7, 11) is -7.06. The lowest BCUT2D eigenvalue weighted by molar-refractivity contribution is -0.121. The van der Waals surface area contributed by atoms with Crippen LogP contribution < -0.4 is 5.32 Å². The molecule has 2 aromatic carbocycles. The van der Waals surface area contributed by atoms with E-state index in [2.05, 4.69) is 15.5 Å². The number of hydrogen-bond acceptors (Lipinski definition) is 8. The molecule has 1 saturated heterocycles. The standard InChI is InChI=1S/C25H30N4O6S2/c1-17(2)36(31,32)21-12-8-19(9-13-21)15-23-27-28-25(35-23)26-24(30)20-5-4-14-29(16-20)37(33,34)22-10-6-18(3)7-11-22/h6-13,17,20H,4-5,14-16H2,1-3H3,(H,26,28,30). The molecule has 0 saturated carbocycles. The van der Waals surface area contributed by atoms with Crippen LogP contribution in [0.3, 0.4) is 0 Å². The zero-order chi connectivity index (χ0) is 26.8. The van der Waals surface area contributed by atoms with Gasteiger partial charge in [-0.15, -0.1) is 5.10 Å². The van der Waals surface area contributed by atoms with Crippen LogP contribution in [0.5, 0.6) is 0 Å². The Morgan fingerprint density at radius 1 is 1.03 bits per heavy atom. The maximum atomic E-state index is 13.0. The van der Waals surface area contributed by atoms with E-state index in [9.17, 15) is 21.6 Å². The molecule has 0 bridgehead atoms. The topological polar surface area (TPSA) is 140 Å². The van der Waals surface area contributed by atoms with E-state index in [0.717, 1.165) is 11.1 Å². The van der Waals surface area contributed by atoms with Gasteiger partial charge in [-0.1, -0.05) is 34.9 Å². The summed E-state index contributed by atoms with van der Waals surface area (Å²) in [5, 5.41) is 9.91. The summed E-state index contributed by atoms with van der Waals surface area (Å²) in [5.41, 5.74) is 1.73. The van der Waals surface area contributed by atoms with Gasteiger partial charge in [0.2, 0.25) is 21.8 Å². The first-order chi connectivity index (χ1) is 17.5. The fraction of sp³-hybridized carbons (Fsp3) is 0.400. The molecule has 4 rings (SSSR count). The van der Waals surface area contributed by atoms with Crippen molar-refractivity contribution in [1.82, 2.24) is 14.5 Å². The van der Waals surface area contributed by atoms with Crippen LogP contribution in [0, 0.1) is 12.8 Å². The molecule has 37 heavy (non-hydrogen) atoms. The van der Waals surface area contributed by atoms with Crippen molar-refractivity contribution in [3.63, 3.8) is 0 Å². The average Bonchev–Trinajstić information content (AvgIpc) is 3.31. The van der Waals surface area contributed by atoms with E-state index in [1.54, 1.807) is 62.4 Å². The Hall–Kier alpha value is -3.09. The number of sulfonamides is 1. The molecule has 1 fully saturated rings. The van der Waals surface area contributed by atoms with Crippen molar-refractivity contribution in [1.29, 1.82) is 0 Å². The second kappa shape index (κ2) is 10.7. The number of nitrogens with zero attached hydrogens (tertiary/aromatic N) is 3. The van der Waals surface area contributed by atoms with Crippen molar-refractivity contribution in [2.45, 2.75) is 55.1 Å². The van der Waals surface area contributed by atoms with Crippen LogP contribution in [-0.4, -0.2) is 55.6 Å². The van der Waals surface area contributed by atoms with Gasteiger partial charge in [0.25, 0.3) is 0 Å². The molecule has 0 radical (unpaired) electrons. The Morgan fingerprint density at radius 3 is 2.32 bits per heavy atom.